The summed E-state index contributed by atoms with van der Waals surface area (Å²) < 4.78 is 34.7. The second-order valence-electron chi connectivity index (χ2n) is 4.96. The van der Waals surface area contributed by atoms with Gasteiger partial charge in [-0.05, 0) is 37.3 Å². The van der Waals surface area contributed by atoms with E-state index in [1.165, 1.54) is 30.3 Å². The van der Waals surface area contributed by atoms with Gasteiger partial charge in [0.2, 0.25) is 0 Å². The summed E-state index contributed by atoms with van der Waals surface area (Å²) in [5.41, 5.74) is 0.265. The maximum atomic E-state index is 12.3. The lowest BCUT2D eigenvalue weighted by atomic mass is 10.2. The highest BCUT2D eigenvalue weighted by Gasteiger charge is 2.19. The first kappa shape index (κ1) is 15.1. The number of fused-ring (bicyclic) bond motifs is 1. The van der Waals surface area contributed by atoms with E-state index >= 15 is 0 Å². The molecule has 7 heteroatoms. The molecule has 0 amide bonds. The Balaban J connectivity index is 2.12. The first-order chi connectivity index (χ1) is 10.8. The maximum absolute atomic E-state index is 12.3. The molecule has 1 aromatic heterocycles. The highest BCUT2D eigenvalue weighted by molar-refractivity contribution is 7.87. The van der Waals surface area contributed by atoms with Crippen molar-refractivity contribution in [3.8, 4) is 11.5 Å². The van der Waals surface area contributed by atoms with Gasteiger partial charge in [-0.25, -0.2) is 4.79 Å². The van der Waals surface area contributed by atoms with Crippen molar-refractivity contribution in [2.75, 3.05) is 0 Å². The third-order valence-electron chi connectivity index (χ3n) is 3.20. The smallest absolute Gasteiger partial charge is 0.340 e. The summed E-state index contributed by atoms with van der Waals surface area (Å²) in [6.45, 7) is 1.83. The predicted octanol–water partition coefficient (Wildman–Crippen LogP) is 2.57. The van der Waals surface area contributed by atoms with E-state index < -0.39 is 15.7 Å². The highest BCUT2D eigenvalue weighted by atomic mass is 32.2. The fourth-order valence-corrected chi connectivity index (χ4v) is 3.00. The van der Waals surface area contributed by atoms with Crippen LogP contribution < -0.4 is 9.81 Å². The molecule has 23 heavy (non-hydrogen) atoms. The van der Waals surface area contributed by atoms with E-state index in [2.05, 4.69) is 0 Å². The zero-order valence-electron chi connectivity index (χ0n) is 12.0. The molecule has 118 valence electrons. The van der Waals surface area contributed by atoms with Crippen molar-refractivity contribution in [3.05, 3.63) is 64.5 Å². The molecule has 0 fully saturated rings. The Morgan fingerprint density at radius 3 is 2.43 bits per heavy atom. The molecule has 0 bridgehead atoms. The SMILES string of the molecule is Cc1ccc(S(=O)(=O)Oc2cc(=O)oc3ccc(O)cc23)cc1. The second-order valence-corrected chi connectivity index (χ2v) is 6.51. The third kappa shape index (κ3) is 3.04. The van der Waals surface area contributed by atoms with Crippen LogP contribution in [0.5, 0.6) is 11.5 Å². The Labute approximate surface area is 131 Å². The minimum absolute atomic E-state index is 0.0374. The zero-order chi connectivity index (χ0) is 16.6. The molecule has 0 radical (unpaired) electrons. The van der Waals surface area contributed by atoms with Crippen molar-refractivity contribution < 1.29 is 22.1 Å². The van der Waals surface area contributed by atoms with Crippen LogP contribution in [0.15, 0.2) is 62.6 Å². The van der Waals surface area contributed by atoms with Crippen LogP contribution in [0.4, 0.5) is 0 Å². The molecule has 0 saturated heterocycles. The summed E-state index contributed by atoms with van der Waals surface area (Å²) in [5, 5.41) is 9.73. The lowest BCUT2D eigenvalue weighted by molar-refractivity contribution is 0.470. The molecule has 6 nitrogen and oxygen atoms in total. The minimum Gasteiger partial charge on any atom is -0.508 e. The van der Waals surface area contributed by atoms with Crippen molar-refractivity contribution in [1.82, 2.24) is 0 Å². The molecule has 2 aromatic carbocycles. The van der Waals surface area contributed by atoms with Crippen LogP contribution in [0.1, 0.15) is 5.56 Å². The van der Waals surface area contributed by atoms with Crippen molar-refractivity contribution in [2.45, 2.75) is 11.8 Å². The number of rotatable bonds is 3. The van der Waals surface area contributed by atoms with E-state index in [0.717, 1.165) is 11.6 Å². The van der Waals surface area contributed by atoms with Crippen LogP contribution >= 0.6 is 0 Å². The molecule has 0 spiro atoms. The number of phenols is 1. The van der Waals surface area contributed by atoms with Crippen LogP contribution in [-0.2, 0) is 10.1 Å². The van der Waals surface area contributed by atoms with Gasteiger partial charge in [-0.2, -0.15) is 8.42 Å². The summed E-state index contributed by atoms with van der Waals surface area (Å²) >= 11 is 0. The van der Waals surface area contributed by atoms with Gasteiger partial charge < -0.3 is 13.7 Å². The van der Waals surface area contributed by atoms with Gasteiger partial charge in [0.05, 0.1) is 11.5 Å². The fourth-order valence-electron chi connectivity index (χ4n) is 2.06. The molecule has 0 saturated carbocycles. The molecule has 0 unspecified atom stereocenters. The van der Waals surface area contributed by atoms with Gasteiger partial charge in [-0.15, -0.1) is 0 Å². The third-order valence-corrected chi connectivity index (χ3v) is 4.45. The van der Waals surface area contributed by atoms with Crippen LogP contribution in [0, 0.1) is 6.92 Å². The maximum Gasteiger partial charge on any atom is 0.340 e. The monoisotopic (exact) mass is 332 g/mol. The van der Waals surface area contributed by atoms with Crippen LogP contribution in [0.25, 0.3) is 11.0 Å². The molecular weight excluding hydrogens is 320 g/mol. The lowest BCUT2D eigenvalue weighted by Crippen LogP contribution is -2.11. The first-order valence-electron chi connectivity index (χ1n) is 6.63. The van der Waals surface area contributed by atoms with E-state index in [1.54, 1.807) is 12.1 Å². The van der Waals surface area contributed by atoms with Crippen molar-refractivity contribution in [2.24, 2.45) is 0 Å². The summed E-state index contributed by atoms with van der Waals surface area (Å²) in [6.07, 6.45) is 0. The first-order valence-corrected chi connectivity index (χ1v) is 8.04. The average molecular weight is 332 g/mol. The standard InChI is InChI=1S/C16H12O6S/c1-10-2-5-12(6-3-10)23(19,20)22-15-9-16(18)21-14-7-4-11(17)8-13(14)15/h2-9,17H,1H3. The number of benzene rings is 2. The van der Waals surface area contributed by atoms with Gasteiger partial charge in [0.15, 0.2) is 5.75 Å². The molecule has 1 heterocycles. The summed E-state index contributed by atoms with van der Waals surface area (Å²) in [4.78, 5) is 11.5. The number of hydrogen-bond acceptors (Lipinski definition) is 6. The lowest BCUT2D eigenvalue weighted by Gasteiger charge is -2.09. The van der Waals surface area contributed by atoms with Gasteiger partial charge in [0.1, 0.15) is 16.2 Å². The molecule has 3 aromatic rings. The topological polar surface area (TPSA) is 93.8 Å². The number of aryl methyl sites for hydroxylation is 1. The summed E-state index contributed by atoms with van der Waals surface area (Å²) in [5.74, 6) is -0.309. The van der Waals surface area contributed by atoms with Gasteiger partial charge in [-0.3, -0.25) is 0 Å². The number of hydrogen-bond donors (Lipinski definition) is 1. The largest absolute Gasteiger partial charge is 0.508 e. The average Bonchev–Trinajstić information content (AvgIpc) is 2.48. The minimum atomic E-state index is -4.11. The summed E-state index contributed by atoms with van der Waals surface area (Å²) in [7, 11) is -4.11. The number of phenolic OH excluding ortho intramolecular Hbond substituents is 1. The Kier molecular flexibility index (Phi) is 3.57. The molecular formula is C16H12O6S. The van der Waals surface area contributed by atoms with Crippen molar-refractivity contribution in [1.29, 1.82) is 0 Å². The quantitative estimate of drug-likeness (QED) is 0.585. The van der Waals surface area contributed by atoms with Gasteiger partial charge in [0, 0.05) is 0 Å². The molecule has 0 aliphatic rings. The molecule has 3 rings (SSSR count). The van der Waals surface area contributed by atoms with Crippen LogP contribution in [0.2, 0.25) is 0 Å². The van der Waals surface area contributed by atoms with Crippen molar-refractivity contribution in [3.63, 3.8) is 0 Å². The normalized spacial score (nSPS) is 11.5. The highest BCUT2D eigenvalue weighted by Crippen LogP contribution is 2.29. The fraction of sp³-hybridized carbons (Fsp3) is 0.0625. The molecule has 0 aliphatic heterocycles. The molecule has 0 aliphatic carbocycles. The van der Waals surface area contributed by atoms with E-state index in [0.29, 0.717) is 0 Å². The van der Waals surface area contributed by atoms with Gasteiger partial charge >= 0.3 is 15.7 Å². The Morgan fingerprint density at radius 1 is 1.04 bits per heavy atom. The van der Waals surface area contributed by atoms with E-state index in [1.807, 2.05) is 6.92 Å². The van der Waals surface area contributed by atoms with Gasteiger partial charge in [-0.1, -0.05) is 17.7 Å². The molecule has 0 atom stereocenters. The van der Waals surface area contributed by atoms with Gasteiger partial charge in [0.25, 0.3) is 0 Å². The summed E-state index contributed by atoms with van der Waals surface area (Å²) in [6, 6.07) is 11.0. The Bertz CT molecular complexity index is 1030. The molecule has 1 N–H and O–H groups in total. The second kappa shape index (κ2) is 5.44. The Morgan fingerprint density at radius 2 is 1.74 bits per heavy atom. The zero-order valence-corrected chi connectivity index (χ0v) is 12.8. The van der Waals surface area contributed by atoms with Crippen LogP contribution in [-0.4, -0.2) is 13.5 Å². The predicted molar refractivity (Wildman–Crippen MR) is 83.1 cm³/mol. The van der Waals surface area contributed by atoms with Crippen molar-refractivity contribution >= 4 is 21.1 Å². The van der Waals surface area contributed by atoms with Crippen LogP contribution in [0.3, 0.4) is 0 Å². The van der Waals surface area contributed by atoms with E-state index in [9.17, 15) is 18.3 Å². The number of aromatic hydroxyl groups is 1. The van der Waals surface area contributed by atoms with E-state index in [4.69, 9.17) is 8.60 Å². The Hall–Kier alpha value is -2.80. The van der Waals surface area contributed by atoms with E-state index in [-0.39, 0.29) is 27.4 Å².